The quantitative estimate of drug-likeness (QED) is 0.318. The number of benzene rings is 1. The molecule has 1 aromatic heterocycles. The molecule has 0 fully saturated rings. The van der Waals surface area contributed by atoms with E-state index in [1.54, 1.807) is 6.07 Å². The minimum atomic E-state index is -1.97. The van der Waals surface area contributed by atoms with Crippen LogP contribution in [0.4, 0.5) is 18.9 Å². The minimum absolute atomic E-state index is 0.0337. The van der Waals surface area contributed by atoms with Crippen LogP contribution < -0.4 is 27.8 Å². The molecule has 2 atom stereocenters. The second-order valence-corrected chi connectivity index (χ2v) is 7.31. The molecule has 13 heteroatoms. The molecule has 0 bridgehead atoms. The van der Waals surface area contributed by atoms with E-state index in [4.69, 9.17) is 16.4 Å². The molecule has 30 heavy (non-hydrogen) atoms. The molecule has 0 aliphatic carbocycles. The van der Waals surface area contributed by atoms with Crippen molar-refractivity contribution in [3.8, 4) is 0 Å². The van der Waals surface area contributed by atoms with E-state index >= 15 is 0 Å². The van der Waals surface area contributed by atoms with Crippen LogP contribution >= 0.6 is 15.9 Å². The monoisotopic (exact) mass is 487 g/mol. The number of hydrazine groups is 1. The average molecular weight is 488 g/mol. The van der Waals surface area contributed by atoms with Crippen molar-refractivity contribution in [1.29, 1.82) is 0 Å². The highest BCUT2D eigenvalue weighted by Gasteiger charge is 2.41. The first-order chi connectivity index (χ1) is 14.3. The molecule has 1 aliphatic heterocycles. The van der Waals surface area contributed by atoms with Crippen molar-refractivity contribution in [2.75, 3.05) is 12.0 Å². The molecule has 160 valence electrons. The maximum Gasteiger partial charge on any atom is 0.303 e. The zero-order valence-corrected chi connectivity index (χ0v) is 16.8. The second kappa shape index (κ2) is 8.95. The summed E-state index contributed by atoms with van der Waals surface area (Å²) in [5, 5.41) is 2.41. The van der Waals surface area contributed by atoms with Gasteiger partial charge in [0.1, 0.15) is 24.1 Å². The third kappa shape index (κ3) is 4.53. The number of aromatic nitrogens is 1. The lowest BCUT2D eigenvalue weighted by Gasteiger charge is -2.29. The Bertz CT molecular complexity index is 977. The van der Waals surface area contributed by atoms with Crippen molar-refractivity contribution in [2.24, 2.45) is 16.6 Å². The number of aliphatic imine (C=N–C) groups is 1. The highest BCUT2D eigenvalue weighted by molar-refractivity contribution is 9.10. The molecule has 1 aromatic carbocycles. The first kappa shape index (κ1) is 22.0. The van der Waals surface area contributed by atoms with Crippen LogP contribution in [0.1, 0.15) is 22.5 Å². The number of amides is 1. The van der Waals surface area contributed by atoms with E-state index in [1.807, 2.05) is 0 Å². The van der Waals surface area contributed by atoms with Gasteiger partial charge >= 0.3 is 6.02 Å². The number of carbonyl (C=O) groups is 1. The van der Waals surface area contributed by atoms with Gasteiger partial charge in [-0.2, -0.15) is 0 Å². The number of hydrogen-bond acceptors (Lipinski definition) is 8. The number of hydroxylamine groups is 1. The number of rotatable bonds is 5. The highest BCUT2D eigenvalue weighted by Crippen LogP contribution is 2.37. The largest absolute Gasteiger partial charge is 0.369 e. The molecule has 1 amide bonds. The van der Waals surface area contributed by atoms with Crippen LogP contribution in [-0.2, 0) is 10.4 Å². The summed E-state index contributed by atoms with van der Waals surface area (Å²) in [5.74, 6) is 2.03. The maximum atomic E-state index is 14.7. The Hall–Kier alpha value is -2.74. The molecule has 0 unspecified atom stereocenters. The summed E-state index contributed by atoms with van der Waals surface area (Å²) in [6.45, 7) is -1.25. The highest BCUT2D eigenvalue weighted by atomic mass is 79.9. The number of alkyl halides is 1. The SMILES string of the molecule is NN[C@H]1C[C@](CF)(c2cc(NC(=O)c3ccc(Br)cn3)cc(F)c2F)N=C(N)ON1. The molecular formula is C17H17BrF3N7O2. The summed E-state index contributed by atoms with van der Waals surface area (Å²) in [6, 6.07) is 4.36. The van der Waals surface area contributed by atoms with Crippen LogP contribution in [-0.4, -0.2) is 29.8 Å². The third-order valence-electron chi connectivity index (χ3n) is 4.34. The smallest absolute Gasteiger partial charge is 0.303 e. The number of carbonyl (C=O) groups excluding carboxylic acids is 1. The fraction of sp³-hybridized carbons (Fsp3) is 0.235. The van der Waals surface area contributed by atoms with Crippen LogP contribution in [0.2, 0.25) is 0 Å². The summed E-state index contributed by atoms with van der Waals surface area (Å²) in [7, 11) is 0. The lowest BCUT2D eigenvalue weighted by molar-refractivity contribution is 0.102. The van der Waals surface area contributed by atoms with Crippen LogP contribution in [0.3, 0.4) is 0 Å². The molecule has 0 saturated carbocycles. The molecule has 0 spiro atoms. The van der Waals surface area contributed by atoms with Crippen LogP contribution in [0.15, 0.2) is 39.9 Å². The van der Waals surface area contributed by atoms with Gasteiger partial charge in [0.05, 0.1) is 0 Å². The predicted octanol–water partition coefficient (Wildman–Crippen LogP) is 1.57. The average Bonchev–Trinajstić information content (AvgIpc) is 2.90. The van der Waals surface area contributed by atoms with E-state index < -0.39 is 47.5 Å². The normalized spacial score (nSPS) is 21.4. The van der Waals surface area contributed by atoms with Crippen LogP contribution in [0.25, 0.3) is 0 Å². The maximum absolute atomic E-state index is 14.7. The fourth-order valence-electron chi connectivity index (χ4n) is 2.91. The fourth-order valence-corrected chi connectivity index (χ4v) is 3.15. The summed E-state index contributed by atoms with van der Waals surface area (Å²) in [4.78, 5) is 25.1. The van der Waals surface area contributed by atoms with Crippen molar-refractivity contribution < 1.29 is 22.8 Å². The standard InChI is InChI=1S/C17H17BrF3N7O2/c18-8-1-2-12(24-6-8)15(29)25-9-3-10(14(21)11(20)4-9)17(7-19)5-13(27-23)28-30-16(22)26-17/h1-4,6,13,27-28H,5,7,23H2,(H2,22,26)(H,25,29)/t13-,17+/m1/s1. The summed E-state index contributed by atoms with van der Waals surface area (Å²) < 4.78 is 43.9. The topological polar surface area (TPSA) is 140 Å². The molecule has 3 rings (SSSR count). The number of halogens is 4. The number of amidine groups is 1. The van der Waals surface area contributed by atoms with E-state index in [-0.39, 0.29) is 17.8 Å². The Labute approximate surface area is 177 Å². The number of hydrogen-bond donors (Lipinski definition) is 5. The third-order valence-corrected chi connectivity index (χ3v) is 4.81. The lowest BCUT2D eigenvalue weighted by atomic mass is 9.86. The summed E-state index contributed by atoms with van der Waals surface area (Å²) in [6.07, 6.45) is 0.237. The van der Waals surface area contributed by atoms with E-state index in [9.17, 15) is 18.0 Å². The van der Waals surface area contributed by atoms with Gasteiger partial charge in [0.15, 0.2) is 11.6 Å². The Morgan fingerprint density at radius 1 is 1.40 bits per heavy atom. The number of nitrogens with zero attached hydrogens (tertiary/aromatic N) is 2. The zero-order chi connectivity index (χ0) is 21.9. The van der Waals surface area contributed by atoms with E-state index in [0.717, 1.165) is 12.1 Å². The van der Waals surface area contributed by atoms with E-state index in [2.05, 4.69) is 42.1 Å². The predicted molar refractivity (Wildman–Crippen MR) is 105 cm³/mol. The second-order valence-electron chi connectivity index (χ2n) is 6.39. The van der Waals surface area contributed by atoms with Gasteiger partial charge in [0.2, 0.25) is 0 Å². The summed E-state index contributed by atoms with van der Waals surface area (Å²) >= 11 is 3.20. The van der Waals surface area contributed by atoms with Crippen molar-refractivity contribution in [3.05, 3.63) is 57.8 Å². The Kier molecular flexibility index (Phi) is 6.55. The van der Waals surface area contributed by atoms with Gasteiger partial charge in [0, 0.05) is 34.4 Å². The molecule has 0 saturated heterocycles. The van der Waals surface area contributed by atoms with Gasteiger partial charge in [-0.3, -0.25) is 10.6 Å². The van der Waals surface area contributed by atoms with Gasteiger partial charge in [-0.05, 0) is 34.1 Å². The van der Waals surface area contributed by atoms with Gasteiger partial charge in [0.25, 0.3) is 5.91 Å². The molecule has 1 aliphatic rings. The minimum Gasteiger partial charge on any atom is -0.369 e. The Balaban J connectivity index is 2.02. The first-order valence-electron chi connectivity index (χ1n) is 8.50. The Morgan fingerprint density at radius 2 is 2.17 bits per heavy atom. The molecule has 7 N–H and O–H groups in total. The van der Waals surface area contributed by atoms with Crippen molar-refractivity contribution in [3.63, 3.8) is 0 Å². The zero-order valence-electron chi connectivity index (χ0n) is 15.3. The van der Waals surface area contributed by atoms with Gasteiger partial charge in [-0.1, -0.05) is 0 Å². The van der Waals surface area contributed by atoms with Crippen molar-refractivity contribution >= 4 is 33.5 Å². The Morgan fingerprint density at radius 3 is 2.80 bits per heavy atom. The number of anilines is 1. The molecule has 2 aromatic rings. The van der Waals surface area contributed by atoms with Crippen molar-refractivity contribution in [1.82, 2.24) is 15.9 Å². The van der Waals surface area contributed by atoms with E-state index in [0.29, 0.717) is 4.47 Å². The van der Waals surface area contributed by atoms with Gasteiger partial charge < -0.3 is 15.9 Å². The first-order valence-corrected chi connectivity index (χ1v) is 9.29. The molecule has 0 radical (unpaired) electrons. The van der Waals surface area contributed by atoms with Crippen molar-refractivity contribution in [2.45, 2.75) is 18.1 Å². The molecular weight excluding hydrogens is 471 g/mol. The molecule has 9 nitrogen and oxygen atoms in total. The lowest BCUT2D eigenvalue weighted by Crippen LogP contribution is -2.49. The number of pyridine rings is 1. The van der Waals surface area contributed by atoms with Crippen LogP contribution in [0.5, 0.6) is 0 Å². The summed E-state index contributed by atoms with van der Waals surface area (Å²) in [5.41, 5.74) is 7.72. The van der Waals surface area contributed by atoms with Gasteiger partial charge in [-0.25, -0.2) is 28.6 Å². The number of nitrogens with one attached hydrogen (secondary N) is 3. The number of nitrogens with two attached hydrogens (primary N) is 2. The van der Waals surface area contributed by atoms with Crippen LogP contribution in [0, 0.1) is 11.6 Å². The molecule has 2 heterocycles. The van der Waals surface area contributed by atoms with E-state index in [1.165, 1.54) is 12.3 Å². The van der Waals surface area contributed by atoms with Gasteiger partial charge in [-0.15, -0.1) is 5.48 Å².